The molecule has 16 heavy (non-hydrogen) atoms. The Hall–Kier alpha value is -0.930. The van der Waals surface area contributed by atoms with Gasteiger partial charge in [-0.15, -0.1) is 0 Å². The molecule has 0 aliphatic carbocycles. The van der Waals surface area contributed by atoms with E-state index < -0.39 is 0 Å². The van der Waals surface area contributed by atoms with Gasteiger partial charge >= 0.3 is 0 Å². The molecule has 0 aliphatic rings. The summed E-state index contributed by atoms with van der Waals surface area (Å²) in [6, 6.07) is 6.87. The van der Waals surface area contributed by atoms with E-state index in [1.165, 1.54) is 6.07 Å². The summed E-state index contributed by atoms with van der Waals surface area (Å²) in [5.74, 6) is -0.156. The van der Waals surface area contributed by atoms with Crippen molar-refractivity contribution in [3.05, 3.63) is 35.6 Å². The molecule has 2 nitrogen and oxygen atoms in total. The van der Waals surface area contributed by atoms with Crippen molar-refractivity contribution in [2.45, 2.75) is 26.3 Å². The second kappa shape index (κ2) is 7.36. The van der Waals surface area contributed by atoms with Crippen molar-refractivity contribution in [1.29, 1.82) is 0 Å². The lowest BCUT2D eigenvalue weighted by Crippen LogP contribution is -2.24. The molecule has 0 radical (unpaired) electrons. The third-order valence-corrected chi connectivity index (χ3v) is 2.42. The molecule has 1 atom stereocenters. The fourth-order valence-electron chi connectivity index (χ4n) is 1.53. The van der Waals surface area contributed by atoms with Gasteiger partial charge in [0.15, 0.2) is 0 Å². The van der Waals surface area contributed by atoms with Crippen LogP contribution in [0.1, 0.15) is 31.9 Å². The molecule has 0 fully saturated rings. The molecule has 0 heterocycles. The predicted molar refractivity (Wildman–Crippen MR) is 63.9 cm³/mol. The third kappa shape index (κ3) is 4.29. The summed E-state index contributed by atoms with van der Waals surface area (Å²) in [6.07, 6.45) is 1.03. The second-order valence-electron chi connectivity index (χ2n) is 3.81. The van der Waals surface area contributed by atoms with Crippen LogP contribution in [0, 0.1) is 5.82 Å². The highest BCUT2D eigenvalue weighted by Gasteiger charge is 2.08. The summed E-state index contributed by atoms with van der Waals surface area (Å²) in [7, 11) is 0. The van der Waals surface area contributed by atoms with E-state index in [0.717, 1.165) is 19.6 Å². The van der Waals surface area contributed by atoms with Gasteiger partial charge in [0, 0.05) is 24.8 Å². The third-order valence-electron chi connectivity index (χ3n) is 2.42. The van der Waals surface area contributed by atoms with Crippen LogP contribution < -0.4 is 5.32 Å². The van der Waals surface area contributed by atoms with Crippen molar-refractivity contribution < 1.29 is 9.13 Å². The topological polar surface area (TPSA) is 21.3 Å². The zero-order valence-corrected chi connectivity index (χ0v) is 10.0. The second-order valence-corrected chi connectivity index (χ2v) is 3.81. The van der Waals surface area contributed by atoms with E-state index in [-0.39, 0.29) is 11.9 Å². The van der Waals surface area contributed by atoms with Crippen LogP contribution in [0.4, 0.5) is 4.39 Å². The highest BCUT2D eigenvalue weighted by atomic mass is 19.1. The Bertz CT molecular complexity index is 304. The van der Waals surface area contributed by atoms with Crippen molar-refractivity contribution in [1.82, 2.24) is 5.32 Å². The van der Waals surface area contributed by atoms with E-state index in [2.05, 4.69) is 12.2 Å². The highest BCUT2D eigenvalue weighted by molar-refractivity contribution is 5.20. The Kier molecular flexibility index (Phi) is 6.04. The van der Waals surface area contributed by atoms with Gasteiger partial charge in [-0.05, 0) is 19.4 Å². The molecule has 1 aromatic rings. The molecule has 0 aliphatic heterocycles. The number of hydrogen-bond acceptors (Lipinski definition) is 2. The minimum Gasteiger partial charge on any atom is -0.380 e. The first-order valence-corrected chi connectivity index (χ1v) is 5.81. The predicted octanol–water partition coefficient (Wildman–Crippen LogP) is 2.90. The van der Waals surface area contributed by atoms with Crippen LogP contribution in [-0.2, 0) is 4.74 Å². The van der Waals surface area contributed by atoms with Gasteiger partial charge in [0.05, 0.1) is 6.61 Å². The Labute approximate surface area is 96.8 Å². The quantitative estimate of drug-likeness (QED) is 0.720. The average Bonchev–Trinajstić information content (AvgIpc) is 2.29. The van der Waals surface area contributed by atoms with Crippen molar-refractivity contribution in [2.24, 2.45) is 0 Å². The first kappa shape index (κ1) is 13.1. The molecule has 1 unspecified atom stereocenters. The first-order valence-electron chi connectivity index (χ1n) is 5.81. The molecule has 90 valence electrons. The molecule has 0 saturated heterocycles. The standard InChI is InChI=1S/C13H20FNO/c1-3-9-16-10-8-15-11(2)12-6-4-5-7-13(12)14/h4-7,11,15H,3,8-10H2,1-2H3. The summed E-state index contributed by atoms with van der Waals surface area (Å²) in [4.78, 5) is 0. The SMILES string of the molecule is CCCOCCNC(C)c1ccccc1F. The largest absolute Gasteiger partial charge is 0.380 e. The number of benzene rings is 1. The van der Waals surface area contributed by atoms with Crippen molar-refractivity contribution in [3.8, 4) is 0 Å². The smallest absolute Gasteiger partial charge is 0.127 e. The van der Waals surface area contributed by atoms with Gasteiger partial charge in [0.1, 0.15) is 5.82 Å². The van der Waals surface area contributed by atoms with Crippen LogP contribution in [0.5, 0.6) is 0 Å². The molecule has 0 amide bonds. The van der Waals surface area contributed by atoms with Crippen LogP contribution >= 0.6 is 0 Å². The van der Waals surface area contributed by atoms with Crippen LogP contribution in [0.25, 0.3) is 0 Å². The van der Waals surface area contributed by atoms with Gasteiger partial charge in [0.2, 0.25) is 0 Å². The molecule has 0 aromatic heterocycles. The lowest BCUT2D eigenvalue weighted by molar-refractivity contribution is 0.134. The monoisotopic (exact) mass is 225 g/mol. The van der Waals surface area contributed by atoms with Crippen molar-refractivity contribution >= 4 is 0 Å². The van der Waals surface area contributed by atoms with Crippen molar-refractivity contribution in [3.63, 3.8) is 0 Å². The Balaban J connectivity index is 2.30. The molecule has 3 heteroatoms. The molecular weight excluding hydrogens is 205 g/mol. The van der Waals surface area contributed by atoms with E-state index >= 15 is 0 Å². The average molecular weight is 225 g/mol. The van der Waals surface area contributed by atoms with E-state index in [1.807, 2.05) is 13.0 Å². The number of ether oxygens (including phenoxy) is 1. The maximum atomic E-state index is 13.4. The number of hydrogen-bond donors (Lipinski definition) is 1. The van der Waals surface area contributed by atoms with Gasteiger partial charge in [-0.25, -0.2) is 4.39 Å². The van der Waals surface area contributed by atoms with E-state index in [9.17, 15) is 4.39 Å². The maximum absolute atomic E-state index is 13.4. The zero-order valence-electron chi connectivity index (χ0n) is 10.0. The lowest BCUT2D eigenvalue weighted by Gasteiger charge is -2.14. The van der Waals surface area contributed by atoms with E-state index in [4.69, 9.17) is 4.74 Å². The molecular formula is C13H20FNO. The van der Waals surface area contributed by atoms with Crippen LogP contribution in [0.3, 0.4) is 0 Å². The van der Waals surface area contributed by atoms with Gasteiger partial charge < -0.3 is 10.1 Å². The number of rotatable bonds is 7. The normalized spacial score (nSPS) is 12.7. The summed E-state index contributed by atoms with van der Waals surface area (Å²) in [6.45, 7) is 6.24. The van der Waals surface area contributed by atoms with Crippen molar-refractivity contribution in [2.75, 3.05) is 19.8 Å². The number of nitrogens with one attached hydrogen (secondary N) is 1. The molecule has 0 saturated carbocycles. The Morgan fingerprint density at radius 1 is 1.31 bits per heavy atom. The molecule has 0 bridgehead atoms. The molecule has 1 aromatic carbocycles. The minimum absolute atomic E-state index is 0.0198. The van der Waals surface area contributed by atoms with Crippen LogP contribution in [0.15, 0.2) is 24.3 Å². The minimum atomic E-state index is -0.156. The highest BCUT2D eigenvalue weighted by Crippen LogP contribution is 2.15. The Morgan fingerprint density at radius 2 is 2.06 bits per heavy atom. The van der Waals surface area contributed by atoms with Gasteiger partial charge in [0.25, 0.3) is 0 Å². The summed E-state index contributed by atoms with van der Waals surface area (Å²) in [5, 5.41) is 3.23. The summed E-state index contributed by atoms with van der Waals surface area (Å²) >= 11 is 0. The summed E-state index contributed by atoms with van der Waals surface area (Å²) < 4.78 is 18.7. The van der Waals surface area contributed by atoms with E-state index in [0.29, 0.717) is 12.2 Å². The van der Waals surface area contributed by atoms with Crippen LogP contribution in [0.2, 0.25) is 0 Å². The van der Waals surface area contributed by atoms with E-state index in [1.54, 1.807) is 12.1 Å². The molecule has 0 spiro atoms. The summed E-state index contributed by atoms with van der Waals surface area (Å²) in [5.41, 5.74) is 0.706. The van der Waals surface area contributed by atoms with Gasteiger partial charge in [-0.3, -0.25) is 0 Å². The van der Waals surface area contributed by atoms with Gasteiger partial charge in [-0.1, -0.05) is 25.1 Å². The fourth-order valence-corrected chi connectivity index (χ4v) is 1.53. The van der Waals surface area contributed by atoms with Gasteiger partial charge in [-0.2, -0.15) is 0 Å². The fraction of sp³-hybridized carbons (Fsp3) is 0.538. The lowest BCUT2D eigenvalue weighted by atomic mass is 10.1. The maximum Gasteiger partial charge on any atom is 0.127 e. The van der Waals surface area contributed by atoms with Crippen LogP contribution in [-0.4, -0.2) is 19.8 Å². The molecule has 1 N–H and O–H groups in total. The molecule has 1 rings (SSSR count). The number of halogens is 1. The first-order chi connectivity index (χ1) is 7.75. The zero-order chi connectivity index (χ0) is 11.8. The Morgan fingerprint density at radius 3 is 2.75 bits per heavy atom.